The number of rotatable bonds is 2. The maximum Gasteiger partial charge on any atom is 0.416 e. The standard InChI is InChI=1S/C12H10F3N5/c13-12(14,15)7-2-1-3-8(6-7)19-20-9-4-5-10(16)18-11(9)17/h1-6H,(H4,16,17,18). The third-order valence-electron chi connectivity index (χ3n) is 2.37. The van der Waals surface area contributed by atoms with E-state index in [2.05, 4.69) is 15.2 Å². The molecule has 0 aliphatic heterocycles. The molecule has 0 unspecified atom stereocenters. The Morgan fingerprint density at radius 3 is 2.40 bits per heavy atom. The van der Waals surface area contributed by atoms with Gasteiger partial charge in [-0.15, -0.1) is 5.11 Å². The number of halogens is 3. The Hall–Kier alpha value is -2.64. The molecule has 0 aliphatic rings. The lowest BCUT2D eigenvalue weighted by Gasteiger charge is -2.06. The molecule has 8 heteroatoms. The van der Waals surface area contributed by atoms with E-state index in [4.69, 9.17) is 11.5 Å². The van der Waals surface area contributed by atoms with Gasteiger partial charge in [0.1, 0.15) is 11.5 Å². The van der Waals surface area contributed by atoms with E-state index >= 15 is 0 Å². The summed E-state index contributed by atoms with van der Waals surface area (Å²) in [5.74, 6) is 0.279. The van der Waals surface area contributed by atoms with Crippen molar-refractivity contribution in [1.29, 1.82) is 0 Å². The van der Waals surface area contributed by atoms with Gasteiger partial charge in [-0.05, 0) is 30.3 Å². The van der Waals surface area contributed by atoms with Crippen LogP contribution in [0.25, 0.3) is 0 Å². The summed E-state index contributed by atoms with van der Waals surface area (Å²) in [7, 11) is 0. The van der Waals surface area contributed by atoms with Crippen LogP contribution in [-0.2, 0) is 6.18 Å². The molecule has 0 atom stereocenters. The van der Waals surface area contributed by atoms with Crippen molar-refractivity contribution in [3.63, 3.8) is 0 Å². The van der Waals surface area contributed by atoms with E-state index in [1.165, 1.54) is 24.3 Å². The van der Waals surface area contributed by atoms with Crippen LogP contribution in [0.5, 0.6) is 0 Å². The molecule has 0 saturated carbocycles. The smallest absolute Gasteiger partial charge is 0.384 e. The Bertz CT molecular complexity index is 652. The van der Waals surface area contributed by atoms with Crippen molar-refractivity contribution in [2.75, 3.05) is 11.5 Å². The third-order valence-corrected chi connectivity index (χ3v) is 2.37. The van der Waals surface area contributed by atoms with Crippen LogP contribution >= 0.6 is 0 Å². The first-order valence-corrected chi connectivity index (χ1v) is 5.47. The molecule has 1 aromatic heterocycles. The van der Waals surface area contributed by atoms with Crippen molar-refractivity contribution in [3.8, 4) is 0 Å². The Morgan fingerprint density at radius 1 is 1.00 bits per heavy atom. The van der Waals surface area contributed by atoms with E-state index in [0.29, 0.717) is 0 Å². The lowest BCUT2D eigenvalue weighted by atomic mass is 10.2. The number of pyridine rings is 1. The van der Waals surface area contributed by atoms with Gasteiger partial charge in [0.2, 0.25) is 0 Å². The Morgan fingerprint density at radius 2 is 1.75 bits per heavy atom. The molecule has 2 aromatic rings. The number of anilines is 2. The maximum atomic E-state index is 12.5. The van der Waals surface area contributed by atoms with Crippen LogP contribution in [0.3, 0.4) is 0 Å². The number of azo groups is 1. The summed E-state index contributed by atoms with van der Waals surface area (Å²) in [6, 6.07) is 7.45. The van der Waals surface area contributed by atoms with E-state index in [-0.39, 0.29) is 23.0 Å². The molecule has 5 nitrogen and oxygen atoms in total. The van der Waals surface area contributed by atoms with Crippen molar-refractivity contribution < 1.29 is 13.2 Å². The predicted molar refractivity (Wildman–Crippen MR) is 68.7 cm³/mol. The van der Waals surface area contributed by atoms with Gasteiger partial charge in [-0.2, -0.15) is 18.3 Å². The Kier molecular flexibility index (Phi) is 3.55. The molecule has 104 valence electrons. The highest BCUT2D eigenvalue weighted by Gasteiger charge is 2.30. The second kappa shape index (κ2) is 5.16. The normalized spacial score (nSPS) is 11.9. The van der Waals surface area contributed by atoms with Crippen molar-refractivity contribution in [2.45, 2.75) is 6.18 Å². The van der Waals surface area contributed by atoms with E-state index < -0.39 is 11.7 Å². The summed E-state index contributed by atoms with van der Waals surface area (Å²) >= 11 is 0. The van der Waals surface area contributed by atoms with E-state index in [9.17, 15) is 13.2 Å². The van der Waals surface area contributed by atoms with Crippen LogP contribution in [0, 0.1) is 0 Å². The molecule has 0 aliphatic carbocycles. The van der Waals surface area contributed by atoms with E-state index in [1.54, 1.807) is 0 Å². The van der Waals surface area contributed by atoms with Crippen LogP contribution in [-0.4, -0.2) is 4.98 Å². The summed E-state index contributed by atoms with van der Waals surface area (Å²) < 4.78 is 37.6. The largest absolute Gasteiger partial charge is 0.416 e. The van der Waals surface area contributed by atoms with Crippen molar-refractivity contribution in [1.82, 2.24) is 4.98 Å². The van der Waals surface area contributed by atoms with E-state index in [1.807, 2.05) is 0 Å². The first kappa shape index (κ1) is 13.8. The van der Waals surface area contributed by atoms with Gasteiger partial charge in [0, 0.05) is 0 Å². The second-order valence-corrected chi connectivity index (χ2v) is 3.89. The molecular formula is C12H10F3N5. The molecule has 0 fully saturated rings. The van der Waals surface area contributed by atoms with Crippen molar-refractivity contribution in [3.05, 3.63) is 42.0 Å². The van der Waals surface area contributed by atoms with Crippen LogP contribution in [0.1, 0.15) is 5.56 Å². The van der Waals surface area contributed by atoms with Crippen molar-refractivity contribution >= 4 is 23.0 Å². The number of nitrogens with zero attached hydrogens (tertiary/aromatic N) is 3. The highest BCUT2D eigenvalue weighted by Crippen LogP contribution is 2.32. The van der Waals surface area contributed by atoms with Crippen LogP contribution in [0.15, 0.2) is 46.6 Å². The third kappa shape index (κ3) is 3.22. The summed E-state index contributed by atoms with van der Waals surface area (Å²) in [5.41, 5.74) is 10.5. The second-order valence-electron chi connectivity index (χ2n) is 3.89. The van der Waals surface area contributed by atoms with Gasteiger partial charge in [0.25, 0.3) is 0 Å². The molecule has 1 aromatic carbocycles. The van der Waals surface area contributed by atoms with Crippen LogP contribution in [0.2, 0.25) is 0 Å². The number of nitrogens with two attached hydrogens (primary N) is 2. The molecule has 1 heterocycles. The Balaban J connectivity index is 2.28. The monoisotopic (exact) mass is 281 g/mol. The molecule has 2 rings (SSSR count). The van der Waals surface area contributed by atoms with Gasteiger partial charge in [-0.25, -0.2) is 4.98 Å². The van der Waals surface area contributed by atoms with E-state index in [0.717, 1.165) is 12.1 Å². The number of nitrogen functional groups attached to an aromatic ring is 2. The van der Waals surface area contributed by atoms with Gasteiger partial charge in [-0.1, -0.05) is 6.07 Å². The molecule has 0 radical (unpaired) electrons. The molecular weight excluding hydrogens is 271 g/mol. The summed E-state index contributed by atoms with van der Waals surface area (Å²) in [6.45, 7) is 0. The van der Waals surface area contributed by atoms with Crippen LogP contribution < -0.4 is 11.5 Å². The minimum absolute atomic E-state index is 0.0562. The number of alkyl halides is 3. The molecule has 0 saturated heterocycles. The zero-order chi connectivity index (χ0) is 14.8. The maximum absolute atomic E-state index is 12.5. The zero-order valence-electron chi connectivity index (χ0n) is 10.1. The van der Waals surface area contributed by atoms with Gasteiger partial charge in [0.05, 0.1) is 11.3 Å². The molecule has 4 N–H and O–H groups in total. The fraction of sp³-hybridized carbons (Fsp3) is 0.0833. The summed E-state index contributed by atoms with van der Waals surface area (Å²) in [6.07, 6.45) is -4.42. The molecule has 0 amide bonds. The average Bonchev–Trinajstić information content (AvgIpc) is 2.37. The highest BCUT2D eigenvalue weighted by molar-refractivity contribution is 5.60. The first-order valence-electron chi connectivity index (χ1n) is 5.47. The van der Waals surface area contributed by atoms with Gasteiger partial charge in [-0.3, -0.25) is 0 Å². The number of hydrogen-bond acceptors (Lipinski definition) is 5. The number of aromatic nitrogens is 1. The number of benzene rings is 1. The van der Waals surface area contributed by atoms with Crippen LogP contribution in [0.4, 0.5) is 36.2 Å². The molecule has 0 spiro atoms. The predicted octanol–water partition coefficient (Wildman–Crippen LogP) is 3.68. The SMILES string of the molecule is Nc1ccc(N=Nc2cccc(C(F)(F)F)c2)c(N)n1. The van der Waals surface area contributed by atoms with Gasteiger partial charge in [0.15, 0.2) is 5.82 Å². The lowest BCUT2D eigenvalue weighted by Crippen LogP contribution is -2.03. The fourth-order valence-corrected chi connectivity index (χ4v) is 1.42. The average molecular weight is 281 g/mol. The van der Waals surface area contributed by atoms with Crippen molar-refractivity contribution in [2.24, 2.45) is 10.2 Å². The summed E-state index contributed by atoms with van der Waals surface area (Å²) in [5, 5.41) is 7.46. The summed E-state index contributed by atoms with van der Waals surface area (Å²) in [4.78, 5) is 3.76. The molecule has 0 bridgehead atoms. The number of hydrogen-bond donors (Lipinski definition) is 2. The fourth-order valence-electron chi connectivity index (χ4n) is 1.42. The van der Waals surface area contributed by atoms with Gasteiger partial charge < -0.3 is 11.5 Å². The quantitative estimate of drug-likeness (QED) is 0.823. The topological polar surface area (TPSA) is 89.6 Å². The minimum Gasteiger partial charge on any atom is -0.384 e. The Labute approximate surface area is 112 Å². The minimum atomic E-state index is -4.42. The molecule has 20 heavy (non-hydrogen) atoms. The lowest BCUT2D eigenvalue weighted by molar-refractivity contribution is -0.137. The van der Waals surface area contributed by atoms with Gasteiger partial charge >= 0.3 is 6.18 Å². The highest BCUT2D eigenvalue weighted by atomic mass is 19.4. The first-order chi connectivity index (χ1) is 9.36. The zero-order valence-corrected chi connectivity index (χ0v) is 10.1.